The molecule has 1 atom stereocenters. The Morgan fingerprint density at radius 2 is 1.82 bits per heavy atom. The number of aromatic nitrogens is 1. The Morgan fingerprint density at radius 1 is 1.14 bits per heavy atom. The molecule has 5 nitrogen and oxygen atoms in total. The van der Waals surface area contributed by atoms with Crippen molar-refractivity contribution in [3.63, 3.8) is 0 Å². The maximum absolute atomic E-state index is 11.8. The van der Waals surface area contributed by atoms with E-state index in [0.717, 1.165) is 5.56 Å². The van der Waals surface area contributed by atoms with Gasteiger partial charge in [-0.1, -0.05) is 30.3 Å². The van der Waals surface area contributed by atoms with E-state index >= 15 is 0 Å². The van der Waals surface area contributed by atoms with E-state index in [2.05, 4.69) is 5.32 Å². The average molecular weight is 300 g/mol. The fourth-order valence-corrected chi connectivity index (χ4v) is 2.05. The number of hydrogen-bond acceptors (Lipinski definition) is 3. The van der Waals surface area contributed by atoms with Crippen molar-refractivity contribution in [1.29, 1.82) is 0 Å². The number of rotatable bonds is 7. The third-order valence-corrected chi connectivity index (χ3v) is 3.29. The second kappa shape index (κ2) is 8.02. The molecule has 0 aliphatic heterocycles. The first-order valence-corrected chi connectivity index (χ1v) is 7.24. The summed E-state index contributed by atoms with van der Waals surface area (Å²) in [6, 6.07) is 13.3. The molecular formula is C17H20N2O3. The summed E-state index contributed by atoms with van der Waals surface area (Å²) in [5, 5.41) is 2.58. The Bertz CT molecular complexity index is 594. The highest BCUT2D eigenvalue weighted by Crippen LogP contribution is 2.10. The van der Waals surface area contributed by atoms with Crippen LogP contribution in [0.3, 0.4) is 0 Å². The molecule has 0 spiro atoms. The first-order chi connectivity index (χ1) is 10.6. The summed E-state index contributed by atoms with van der Waals surface area (Å²) in [7, 11) is 0. The Morgan fingerprint density at radius 3 is 2.50 bits per heavy atom. The van der Waals surface area contributed by atoms with Crippen LogP contribution in [0.15, 0.2) is 54.9 Å². The summed E-state index contributed by atoms with van der Waals surface area (Å²) in [5.41, 5.74) is 0.920. The van der Waals surface area contributed by atoms with Gasteiger partial charge in [-0.05, 0) is 24.6 Å². The van der Waals surface area contributed by atoms with Crippen LogP contribution in [0.25, 0.3) is 0 Å². The lowest BCUT2D eigenvalue weighted by atomic mass is 10.2. The summed E-state index contributed by atoms with van der Waals surface area (Å²) in [6.07, 6.45) is 4.14. The predicted molar refractivity (Wildman–Crippen MR) is 83.0 cm³/mol. The van der Waals surface area contributed by atoms with Gasteiger partial charge in [0.05, 0.1) is 0 Å². The summed E-state index contributed by atoms with van der Waals surface area (Å²) in [6.45, 7) is 2.06. The van der Waals surface area contributed by atoms with Crippen molar-refractivity contribution in [3.05, 3.63) is 60.4 Å². The minimum absolute atomic E-state index is 0.0512. The molecule has 116 valence electrons. The van der Waals surface area contributed by atoms with Gasteiger partial charge in [0.1, 0.15) is 13.2 Å². The third kappa shape index (κ3) is 5.09. The molecule has 0 bridgehead atoms. The van der Waals surface area contributed by atoms with Gasteiger partial charge in [0.2, 0.25) is 5.91 Å². The van der Waals surface area contributed by atoms with Crippen molar-refractivity contribution in [3.8, 4) is 0 Å². The molecule has 0 radical (unpaired) electrons. The molecule has 0 aliphatic rings. The largest absolute Gasteiger partial charge is 0.460 e. The Hall–Kier alpha value is -2.56. The fraction of sp³-hybridized carbons (Fsp3) is 0.294. The van der Waals surface area contributed by atoms with Crippen molar-refractivity contribution < 1.29 is 14.3 Å². The van der Waals surface area contributed by atoms with E-state index in [0.29, 0.717) is 6.42 Å². The second-order valence-electron chi connectivity index (χ2n) is 5.11. The molecule has 0 aliphatic carbocycles. The maximum atomic E-state index is 11.8. The number of carbonyl (C=O) groups excluding carboxylic acids is 2. The molecule has 1 N–H and O–H groups in total. The first-order valence-electron chi connectivity index (χ1n) is 7.24. The number of nitrogens with zero attached hydrogens (tertiary/aromatic N) is 1. The number of hydrogen-bond donors (Lipinski definition) is 1. The quantitative estimate of drug-likeness (QED) is 0.798. The zero-order valence-corrected chi connectivity index (χ0v) is 12.6. The third-order valence-electron chi connectivity index (χ3n) is 3.29. The van der Waals surface area contributed by atoms with Crippen LogP contribution in [0, 0.1) is 0 Å². The van der Waals surface area contributed by atoms with E-state index in [1.54, 1.807) is 0 Å². The van der Waals surface area contributed by atoms with Crippen LogP contribution >= 0.6 is 0 Å². The predicted octanol–water partition coefficient (Wildman–Crippen LogP) is 2.30. The first kappa shape index (κ1) is 15.8. The number of nitrogens with one attached hydrogen (secondary N) is 1. The normalized spacial score (nSPS) is 11.7. The molecule has 22 heavy (non-hydrogen) atoms. The standard InChI is InChI=1S/C17H20N2O3/c1-14(19-9-5-6-10-19)11-16(20)18-12-17(21)22-13-15-7-3-2-4-8-15/h2-10,14H,11-13H2,1H3,(H,18,20)/t14-/m1/s1. The van der Waals surface area contributed by atoms with Crippen LogP contribution in [0.1, 0.15) is 24.9 Å². The zero-order valence-electron chi connectivity index (χ0n) is 12.6. The van der Waals surface area contributed by atoms with Crippen LogP contribution in [0.2, 0.25) is 0 Å². The lowest BCUT2D eigenvalue weighted by Gasteiger charge is -2.13. The number of esters is 1. The van der Waals surface area contributed by atoms with Gasteiger partial charge in [-0.15, -0.1) is 0 Å². The average Bonchev–Trinajstić information content (AvgIpc) is 3.06. The molecule has 1 heterocycles. The van der Waals surface area contributed by atoms with Gasteiger partial charge in [0, 0.05) is 24.9 Å². The molecule has 0 saturated carbocycles. The van der Waals surface area contributed by atoms with E-state index in [4.69, 9.17) is 4.74 Å². The molecule has 2 aromatic rings. The molecular weight excluding hydrogens is 280 g/mol. The highest BCUT2D eigenvalue weighted by molar-refractivity contribution is 5.82. The minimum atomic E-state index is -0.439. The van der Waals surface area contributed by atoms with Crippen LogP contribution in [-0.2, 0) is 20.9 Å². The highest BCUT2D eigenvalue weighted by atomic mass is 16.5. The van der Waals surface area contributed by atoms with Gasteiger partial charge in [-0.3, -0.25) is 9.59 Å². The van der Waals surface area contributed by atoms with Crippen molar-refractivity contribution in [2.24, 2.45) is 0 Å². The van der Waals surface area contributed by atoms with E-state index < -0.39 is 5.97 Å². The Balaban J connectivity index is 1.66. The molecule has 0 fully saturated rings. The lowest BCUT2D eigenvalue weighted by molar-refractivity contribution is -0.145. The van der Waals surface area contributed by atoms with Crippen molar-refractivity contribution in [2.75, 3.05) is 6.54 Å². The molecule has 1 aromatic heterocycles. The van der Waals surface area contributed by atoms with Gasteiger partial charge in [0.15, 0.2) is 0 Å². The smallest absolute Gasteiger partial charge is 0.325 e. The maximum Gasteiger partial charge on any atom is 0.325 e. The van der Waals surface area contributed by atoms with Crippen LogP contribution in [0.5, 0.6) is 0 Å². The molecule has 0 unspecified atom stereocenters. The van der Waals surface area contributed by atoms with Crippen LogP contribution < -0.4 is 5.32 Å². The van der Waals surface area contributed by atoms with Gasteiger partial charge in [0.25, 0.3) is 0 Å². The summed E-state index contributed by atoms with van der Waals surface area (Å²) < 4.78 is 7.05. The summed E-state index contributed by atoms with van der Waals surface area (Å²) >= 11 is 0. The Labute approximate surface area is 129 Å². The number of benzene rings is 1. The number of ether oxygens (including phenoxy) is 1. The number of amides is 1. The van der Waals surface area contributed by atoms with E-state index in [9.17, 15) is 9.59 Å². The van der Waals surface area contributed by atoms with E-state index in [1.807, 2.05) is 66.3 Å². The van der Waals surface area contributed by atoms with Gasteiger partial charge in [-0.25, -0.2) is 0 Å². The van der Waals surface area contributed by atoms with Gasteiger partial charge < -0.3 is 14.6 Å². The minimum Gasteiger partial charge on any atom is -0.460 e. The number of carbonyl (C=O) groups is 2. The Kier molecular flexibility index (Phi) is 5.77. The van der Waals surface area contributed by atoms with E-state index in [1.165, 1.54) is 0 Å². The van der Waals surface area contributed by atoms with Gasteiger partial charge in [-0.2, -0.15) is 0 Å². The molecule has 5 heteroatoms. The van der Waals surface area contributed by atoms with Crippen molar-refractivity contribution in [1.82, 2.24) is 9.88 Å². The molecule has 0 saturated heterocycles. The van der Waals surface area contributed by atoms with Gasteiger partial charge >= 0.3 is 5.97 Å². The van der Waals surface area contributed by atoms with Crippen LogP contribution in [0.4, 0.5) is 0 Å². The van der Waals surface area contributed by atoms with Crippen molar-refractivity contribution in [2.45, 2.75) is 26.0 Å². The molecule has 1 amide bonds. The van der Waals surface area contributed by atoms with Crippen molar-refractivity contribution >= 4 is 11.9 Å². The van der Waals surface area contributed by atoms with E-state index in [-0.39, 0.29) is 25.1 Å². The lowest BCUT2D eigenvalue weighted by Crippen LogP contribution is -2.31. The fourth-order valence-electron chi connectivity index (χ4n) is 2.05. The summed E-state index contributed by atoms with van der Waals surface area (Å²) in [4.78, 5) is 23.4. The molecule has 2 rings (SSSR count). The monoisotopic (exact) mass is 300 g/mol. The SMILES string of the molecule is C[C@H](CC(=O)NCC(=O)OCc1ccccc1)n1cccc1. The summed E-state index contributed by atoms with van der Waals surface area (Å²) in [5.74, 6) is -0.608. The second-order valence-corrected chi connectivity index (χ2v) is 5.11. The highest BCUT2D eigenvalue weighted by Gasteiger charge is 2.11. The molecule has 1 aromatic carbocycles. The topological polar surface area (TPSA) is 60.3 Å². The zero-order chi connectivity index (χ0) is 15.8. The van der Waals surface area contributed by atoms with Crippen LogP contribution in [-0.4, -0.2) is 23.0 Å².